The second-order valence-electron chi connectivity index (χ2n) is 9.27. The summed E-state index contributed by atoms with van der Waals surface area (Å²) in [6.45, 7) is 6.39. The molecule has 1 N–H and O–H groups in total. The third-order valence-corrected chi connectivity index (χ3v) is 9.29. The molecule has 5 saturated heterocycles. The van der Waals surface area contributed by atoms with E-state index in [1.165, 1.54) is 6.42 Å². The van der Waals surface area contributed by atoms with Crippen LogP contribution in [0.15, 0.2) is 0 Å². The highest BCUT2D eigenvalue weighted by Crippen LogP contribution is 2.60. The molecule has 0 aromatic rings. The van der Waals surface area contributed by atoms with Crippen molar-refractivity contribution in [1.29, 1.82) is 0 Å². The van der Waals surface area contributed by atoms with E-state index in [0.717, 1.165) is 19.3 Å². The van der Waals surface area contributed by atoms with Gasteiger partial charge in [-0.1, -0.05) is 13.8 Å². The molecule has 6 aliphatic rings. The highest BCUT2D eigenvalue weighted by atomic mass is 32.2. The fraction of sp³-hybridized carbons (Fsp3) is 1.00. The van der Waals surface area contributed by atoms with Crippen LogP contribution in [0, 0.1) is 23.7 Å². The molecule has 2 bridgehead atoms. The summed E-state index contributed by atoms with van der Waals surface area (Å²) in [5.74, 6) is 0.957. The molecule has 5 aliphatic heterocycles. The van der Waals surface area contributed by atoms with E-state index in [1.807, 2.05) is 6.92 Å². The summed E-state index contributed by atoms with van der Waals surface area (Å²) in [5, 5.41) is 3.42. The van der Waals surface area contributed by atoms with Gasteiger partial charge in [-0.25, -0.2) is 18.2 Å². The van der Waals surface area contributed by atoms with Crippen molar-refractivity contribution in [3.63, 3.8) is 0 Å². The van der Waals surface area contributed by atoms with Gasteiger partial charge in [0.2, 0.25) is 5.79 Å². The molecule has 0 aromatic heterocycles. The Morgan fingerprint density at radius 2 is 1.81 bits per heavy atom. The summed E-state index contributed by atoms with van der Waals surface area (Å²) < 4.78 is 35.7. The predicted octanol–water partition coefficient (Wildman–Crippen LogP) is 1.58. The predicted molar refractivity (Wildman–Crippen MR) is 92.4 cm³/mol. The van der Waals surface area contributed by atoms with Crippen LogP contribution >= 0.6 is 0 Å². The summed E-state index contributed by atoms with van der Waals surface area (Å²) >= 11 is 0. The van der Waals surface area contributed by atoms with Crippen molar-refractivity contribution in [2.24, 2.45) is 23.7 Å². The van der Waals surface area contributed by atoms with Crippen LogP contribution in [0.2, 0.25) is 0 Å². The van der Waals surface area contributed by atoms with Gasteiger partial charge < -0.3 is 9.47 Å². The lowest BCUT2D eigenvalue weighted by molar-refractivity contribution is -0.571. The lowest BCUT2D eigenvalue weighted by atomic mass is 9.58. The van der Waals surface area contributed by atoms with Crippen molar-refractivity contribution in [3.05, 3.63) is 0 Å². The van der Waals surface area contributed by atoms with Crippen LogP contribution in [0.3, 0.4) is 0 Å². The van der Waals surface area contributed by atoms with E-state index in [1.54, 1.807) is 0 Å². The minimum atomic E-state index is -2.87. The Bertz CT molecular complexity index is 688. The van der Waals surface area contributed by atoms with Crippen LogP contribution < -0.4 is 5.32 Å². The topological polar surface area (TPSA) is 83.1 Å². The third-order valence-electron chi connectivity index (χ3n) is 7.47. The normalized spacial score (nSPS) is 55.7. The monoisotopic (exact) mass is 387 g/mol. The highest BCUT2D eigenvalue weighted by molar-refractivity contribution is 7.92. The summed E-state index contributed by atoms with van der Waals surface area (Å²) in [6, 6.07) is -0.0319. The number of sulfone groups is 1. The first-order valence-electron chi connectivity index (χ1n) is 9.89. The second kappa shape index (κ2) is 5.64. The minimum absolute atomic E-state index is 0.0319. The van der Waals surface area contributed by atoms with E-state index >= 15 is 0 Å². The Kier molecular flexibility index (Phi) is 3.87. The van der Waals surface area contributed by atoms with E-state index in [2.05, 4.69) is 19.2 Å². The third kappa shape index (κ3) is 2.46. The first kappa shape index (κ1) is 17.8. The van der Waals surface area contributed by atoms with Crippen molar-refractivity contribution in [1.82, 2.24) is 5.32 Å². The number of hydrogen-bond donors (Lipinski definition) is 1. The Morgan fingerprint density at radius 3 is 2.54 bits per heavy atom. The van der Waals surface area contributed by atoms with Crippen LogP contribution in [0.25, 0.3) is 0 Å². The van der Waals surface area contributed by atoms with E-state index in [9.17, 15) is 8.42 Å². The summed E-state index contributed by atoms with van der Waals surface area (Å²) in [6.07, 6.45) is 3.31. The summed E-state index contributed by atoms with van der Waals surface area (Å²) in [4.78, 5) is 11.9. The number of nitrogens with one attached hydrogen (secondary N) is 1. The molecular weight excluding hydrogens is 358 g/mol. The number of hydrogen-bond acceptors (Lipinski definition) is 7. The van der Waals surface area contributed by atoms with Crippen molar-refractivity contribution >= 4 is 9.84 Å². The quantitative estimate of drug-likeness (QED) is 0.720. The van der Waals surface area contributed by atoms with Crippen molar-refractivity contribution in [2.75, 3.05) is 11.5 Å². The highest BCUT2D eigenvalue weighted by Gasteiger charge is 2.69. The van der Waals surface area contributed by atoms with Gasteiger partial charge in [0.25, 0.3) is 0 Å². The molecule has 0 amide bonds. The SMILES string of the molecule is C[C@H]1[C@H](NC2CS(=O)(=O)C2)O[C@@H]2O[C@@]3(C)CC[C@H]4[C@H](C)CC[C@@H]1[C@@]24OO3. The van der Waals surface area contributed by atoms with Gasteiger partial charge in [-0.2, -0.15) is 0 Å². The maximum atomic E-state index is 11.5. The average Bonchev–Trinajstić information content (AvgIpc) is 2.77. The van der Waals surface area contributed by atoms with Crippen LogP contribution in [0.4, 0.5) is 0 Å². The number of rotatable bonds is 2. The van der Waals surface area contributed by atoms with Gasteiger partial charge in [0, 0.05) is 24.3 Å². The van der Waals surface area contributed by atoms with Gasteiger partial charge >= 0.3 is 0 Å². The van der Waals surface area contributed by atoms with Crippen molar-refractivity contribution < 1.29 is 27.7 Å². The van der Waals surface area contributed by atoms with Gasteiger partial charge in [0.1, 0.15) is 6.23 Å². The first-order valence-corrected chi connectivity index (χ1v) is 11.7. The Morgan fingerprint density at radius 1 is 1.04 bits per heavy atom. The van der Waals surface area contributed by atoms with Crippen LogP contribution in [0.1, 0.15) is 46.5 Å². The van der Waals surface area contributed by atoms with Gasteiger partial charge in [-0.05, 0) is 38.0 Å². The van der Waals surface area contributed by atoms with Crippen LogP contribution in [0.5, 0.6) is 0 Å². The molecule has 0 unspecified atom stereocenters. The molecule has 6 rings (SSSR count). The zero-order valence-electron chi connectivity index (χ0n) is 15.6. The number of fused-ring (bicyclic) bond motifs is 2. The van der Waals surface area contributed by atoms with Gasteiger partial charge in [0.15, 0.2) is 21.7 Å². The Labute approximate surface area is 154 Å². The lowest BCUT2D eigenvalue weighted by Gasteiger charge is -2.60. The van der Waals surface area contributed by atoms with Gasteiger partial charge in [-0.3, -0.25) is 5.32 Å². The number of ether oxygens (including phenoxy) is 2. The van der Waals surface area contributed by atoms with E-state index in [-0.39, 0.29) is 35.6 Å². The molecule has 1 saturated carbocycles. The summed E-state index contributed by atoms with van der Waals surface area (Å²) in [5.41, 5.74) is -0.559. The van der Waals surface area contributed by atoms with Crippen LogP contribution in [-0.4, -0.2) is 49.9 Å². The van der Waals surface area contributed by atoms with E-state index in [0.29, 0.717) is 11.8 Å². The molecule has 8 heteroatoms. The molecule has 0 aromatic carbocycles. The largest absolute Gasteiger partial charge is 0.331 e. The Hall–Kier alpha value is -0.250. The fourth-order valence-corrected chi connectivity index (χ4v) is 7.31. The van der Waals surface area contributed by atoms with Gasteiger partial charge in [-0.15, -0.1) is 0 Å². The molecule has 7 nitrogen and oxygen atoms in total. The molecular formula is C18H29NO6S. The molecule has 1 aliphatic carbocycles. The van der Waals surface area contributed by atoms with Crippen molar-refractivity contribution in [3.8, 4) is 0 Å². The molecule has 148 valence electrons. The maximum Gasteiger partial charge on any atom is 0.201 e. The van der Waals surface area contributed by atoms with Crippen LogP contribution in [-0.2, 0) is 29.1 Å². The van der Waals surface area contributed by atoms with E-state index < -0.39 is 27.5 Å². The average molecular weight is 387 g/mol. The molecule has 0 radical (unpaired) electrons. The standard InChI is InChI=1S/C18H29NO6S/c1-10-4-5-14-11(2)15(19-12-8-26(20,21)9-12)22-16-18(14)13(10)6-7-17(3,23-16)24-25-18/h10-16,19H,4-9H2,1-3H3/t10-,11-,13+,14+,15-,16-,17-,18-/m1/s1. The molecule has 6 fully saturated rings. The summed E-state index contributed by atoms with van der Waals surface area (Å²) in [7, 11) is -2.87. The molecule has 1 spiro atoms. The molecule has 8 atom stereocenters. The molecule has 5 heterocycles. The smallest absolute Gasteiger partial charge is 0.201 e. The zero-order valence-corrected chi connectivity index (χ0v) is 16.5. The first-order chi connectivity index (χ1) is 12.2. The maximum absolute atomic E-state index is 11.5. The molecule has 26 heavy (non-hydrogen) atoms. The van der Waals surface area contributed by atoms with E-state index in [4.69, 9.17) is 19.2 Å². The fourth-order valence-electron chi connectivity index (χ4n) is 5.99. The van der Waals surface area contributed by atoms with Gasteiger partial charge in [0.05, 0.1) is 11.5 Å². The Balaban J connectivity index is 1.45. The lowest BCUT2D eigenvalue weighted by Crippen LogP contribution is -2.72. The van der Waals surface area contributed by atoms with Crippen molar-refractivity contribution in [2.45, 2.75) is 76.4 Å². The minimum Gasteiger partial charge on any atom is -0.331 e. The zero-order chi connectivity index (χ0) is 18.3. The second-order valence-corrected chi connectivity index (χ2v) is 11.4.